The Morgan fingerprint density at radius 2 is 1.84 bits per heavy atom. The lowest BCUT2D eigenvalue weighted by Gasteiger charge is -2.16. The summed E-state index contributed by atoms with van der Waals surface area (Å²) in [5.74, 6) is 1.74. The smallest absolute Gasteiger partial charge is 0.165 e. The van der Waals surface area contributed by atoms with Gasteiger partial charge < -0.3 is 19.5 Å². The van der Waals surface area contributed by atoms with Crippen molar-refractivity contribution < 1.29 is 18.6 Å². The molecule has 0 radical (unpaired) electrons. The van der Waals surface area contributed by atoms with Crippen molar-refractivity contribution in [3.8, 4) is 17.2 Å². The first-order valence-electron chi connectivity index (χ1n) is 8.14. The average molecular weight is 344 g/mol. The molecular formula is C19H21FN2O3. The van der Waals surface area contributed by atoms with Gasteiger partial charge in [0.15, 0.2) is 11.6 Å². The zero-order chi connectivity index (χ0) is 17.6. The van der Waals surface area contributed by atoms with Crippen LogP contribution in [0.15, 0.2) is 41.4 Å². The molecule has 6 heteroatoms. The Morgan fingerprint density at radius 3 is 2.44 bits per heavy atom. The van der Waals surface area contributed by atoms with E-state index in [-0.39, 0.29) is 12.4 Å². The zero-order valence-electron chi connectivity index (χ0n) is 14.3. The van der Waals surface area contributed by atoms with Crippen molar-refractivity contribution in [1.82, 2.24) is 5.32 Å². The van der Waals surface area contributed by atoms with Crippen LogP contribution in [-0.4, -0.2) is 33.1 Å². The van der Waals surface area contributed by atoms with Gasteiger partial charge in [-0.15, -0.1) is 0 Å². The van der Waals surface area contributed by atoms with E-state index in [4.69, 9.17) is 14.2 Å². The fraction of sp³-hybridized carbons (Fsp3) is 0.316. The predicted octanol–water partition coefficient (Wildman–Crippen LogP) is 3.16. The highest BCUT2D eigenvalue weighted by Crippen LogP contribution is 2.30. The van der Waals surface area contributed by atoms with E-state index < -0.39 is 5.82 Å². The summed E-state index contributed by atoms with van der Waals surface area (Å²) in [5, 5.41) is 3.18. The molecule has 1 heterocycles. The Morgan fingerprint density at radius 1 is 1.08 bits per heavy atom. The molecule has 0 amide bonds. The van der Waals surface area contributed by atoms with Gasteiger partial charge in [0.2, 0.25) is 0 Å². The average Bonchev–Trinajstić information content (AvgIpc) is 2.67. The normalized spacial score (nSPS) is 13.6. The van der Waals surface area contributed by atoms with Gasteiger partial charge in [-0.25, -0.2) is 4.39 Å². The highest BCUT2D eigenvalue weighted by Gasteiger charge is 2.14. The fourth-order valence-electron chi connectivity index (χ4n) is 2.71. The molecular weight excluding hydrogens is 323 g/mol. The number of amidine groups is 1. The summed E-state index contributed by atoms with van der Waals surface area (Å²) >= 11 is 0. The molecule has 0 aromatic heterocycles. The van der Waals surface area contributed by atoms with E-state index in [2.05, 4.69) is 10.3 Å². The Labute approximate surface area is 146 Å². The third-order valence-electron chi connectivity index (χ3n) is 4.00. The molecule has 1 aliphatic rings. The lowest BCUT2D eigenvalue weighted by atomic mass is 10.1. The molecule has 0 bridgehead atoms. The number of halogens is 1. The number of benzene rings is 2. The second kappa shape index (κ2) is 7.88. The van der Waals surface area contributed by atoms with Gasteiger partial charge in [-0.3, -0.25) is 4.99 Å². The van der Waals surface area contributed by atoms with Crippen molar-refractivity contribution in [2.75, 3.05) is 27.3 Å². The number of hydrogen-bond acceptors (Lipinski definition) is 5. The third-order valence-corrected chi connectivity index (χ3v) is 4.00. The number of rotatable bonds is 6. The summed E-state index contributed by atoms with van der Waals surface area (Å²) in [7, 11) is 3.15. The van der Waals surface area contributed by atoms with Crippen LogP contribution in [0.3, 0.4) is 0 Å². The minimum Gasteiger partial charge on any atom is -0.496 e. The maximum absolute atomic E-state index is 14.4. The first-order chi connectivity index (χ1) is 12.2. The molecule has 0 aliphatic carbocycles. The molecule has 2 aromatic rings. The SMILES string of the molecule is COc1cccc(OC)c1COc1ccc(C2=NCCCN2)cc1F. The lowest BCUT2D eigenvalue weighted by molar-refractivity contribution is 0.274. The molecule has 0 saturated heterocycles. The third kappa shape index (κ3) is 3.84. The summed E-state index contributed by atoms with van der Waals surface area (Å²) in [4.78, 5) is 4.37. The zero-order valence-corrected chi connectivity index (χ0v) is 14.3. The van der Waals surface area contributed by atoms with Crippen LogP contribution in [0.2, 0.25) is 0 Å². The van der Waals surface area contributed by atoms with Crippen LogP contribution in [0.25, 0.3) is 0 Å². The van der Waals surface area contributed by atoms with Crippen molar-refractivity contribution in [2.24, 2.45) is 4.99 Å². The van der Waals surface area contributed by atoms with Crippen LogP contribution in [0.1, 0.15) is 17.5 Å². The van der Waals surface area contributed by atoms with Gasteiger partial charge in [-0.05, 0) is 36.8 Å². The van der Waals surface area contributed by atoms with Crippen LogP contribution in [0.4, 0.5) is 4.39 Å². The van der Waals surface area contributed by atoms with Crippen LogP contribution in [0, 0.1) is 5.82 Å². The minimum atomic E-state index is -0.429. The second-order valence-corrected chi connectivity index (χ2v) is 5.59. The Balaban J connectivity index is 1.77. The molecule has 132 valence electrons. The summed E-state index contributed by atoms with van der Waals surface area (Å²) in [6, 6.07) is 10.3. The number of hydrogen-bond donors (Lipinski definition) is 1. The maximum Gasteiger partial charge on any atom is 0.165 e. The van der Waals surface area contributed by atoms with Gasteiger partial charge in [0.05, 0.1) is 19.8 Å². The molecule has 5 nitrogen and oxygen atoms in total. The Hall–Kier alpha value is -2.76. The van der Waals surface area contributed by atoms with Crippen LogP contribution in [0.5, 0.6) is 17.2 Å². The van der Waals surface area contributed by atoms with Crippen molar-refractivity contribution >= 4 is 5.84 Å². The minimum absolute atomic E-state index is 0.142. The fourth-order valence-corrected chi connectivity index (χ4v) is 2.71. The second-order valence-electron chi connectivity index (χ2n) is 5.59. The van der Waals surface area contributed by atoms with Gasteiger partial charge in [0, 0.05) is 18.7 Å². The van der Waals surface area contributed by atoms with Gasteiger partial charge in [0.25, 0.3) is 0 Å². The van der Waals surface area contributed by atoms with Crippen LogP contribution in [-0.2, 0) is 6.61 Å². The molecule has 0 saturated carbocycles. The molecule has 2 aromatic carbocycles. The first kappa shape index (κ1) is 17.1. The molecule has 0 spiro atoms. The van der Waals surface area contributed by atoms with E-state index in [0.717, 1.165) is 36.5 Å². The van der Waals surface area contributed by atoms with E-state index in [0.29, 0.717) is 11.5 Å². The highest BCUT2D eigenvalue weighted by molar-refractivity contribution is 5.99. The van der Waals surface area contributed by atoms with E-state index in [1.54, 1.807) is 26.4 Å². The van der Waals surface area contributed by atoms with Crippen LogP contribution >= 0.6 is 0 Å². The van der Waals surface area contributed by atoms with Crippen molar-refractivity contribution in [2.45, 2.75) is 13.0 Å². The molecule has 25 heavy (non-hydrogen) atoms. The van der Waals surface area contributed by atoms with Crippen molar-refractivity contribution in [1.29, 1.82) is 0 Å². The number of methoxy groups -OCH3 is 2. The molecule has 1 aliphatic heterocycles. The summed E-state index contributed by atoms with van der Waals surface area (Å²) in [5.41, 5.74) is 1.45. The molecule has 0 fully saturated rings. The van der Waals surface area contributed by atoms with E-state index >= 15 is 0 Å². The standard InChI is InChI=1S/C19H21FN2O3/c1-23-16-5-3-6-17(24-2)14(16)12-25-18-8-7-13(11-15(18)20)19-21-9-4-10-22-19/h3,5-8,11H,4,9-10,12H2,1-2H3,(H,21,22). The topological polar surface area (TPSA) is 52.1 Å². The number of ether oxygens (including phenoxy) is 3. The largest absolute Gasteiger partial charge is 0.496 e. The van der Waals surface area contributed by atoms with Gasteiger partial charge in [-0.2, -0.15) is 0 Å². The van der Waals surface area contributed by atoms with E-state index in [1.165, 1.54) is 6.07 Å². The number of aliphatic imine (C=N–C) groups is 1. The van der Waals surface area contributed by atoms with Gasteiger partial charge >= 0.3 is 0 Å². The quantitative estimate of drug-likeness (QED) is 0.875. The molecule has 1 N–H and O–H groups in total. The van der Waals surface area contributed by atoms with Crippen molar-refractivity contribution in [3.63, 3.8) is 0 Å². The van der Waals surface area contributed by atoms with Crippen molar-refractivity contribution in [3.05, 3.63) is 53.3 Å². The first-order valence-corrected chi connectivity index (χ1v) is 8.14. The maximum atomic E-state index is 14.4. The monoisotopic (exact) mass is 344 g/mol. The van der Waals surface area contributed by atoms with E-state index in [1.807, 2.05) is 18.2 Å². The molecule has 0 atom stereocenters. The predicted molar refractivity (Wildman–Crippen MR) is 94.3 cm³/mol. The highest BCUT2D eigenvalue weighted by atomic mass is 19.1. The van der Waals surface area contributed by atoms with Crippen LogP contribution < -0.4 is 19.5 Å². The summed E-state index contributed by atoms with van der Waals surface area (Å²) < 4.78 is 30.7. The van der Waals surface area contributed by atoms with E-state index in [9.17, 15) is 4.39 Å². The number of nitrogens with zero attached hydrogens (tertiary/aromatic N) is 1. The Kier molecular flexibility index (Phi) is 5.38. The number of nitrogens with one attached hydrogen (secondary N) is 1. The van der Waals surface area contributed by atoms with Gasteiger partial charge in [0.1, 0.15) is 23.9 Å². The molecule has 0 unspecified atom stereocenters. The molecule has 3 rings (SSSR count). The lowest BCUT2D eigenvalue weighted by Crippen LogP contribution is -2.30. The van der Waals surface area contributed by atoms with Gasteiger partial charge in [-0.1, -0.05) is 6.07 Å². The summed E-state index contributed by atoms with van der Waals surface area (Å²) in [6.45, 7) is 1.75. The summed E-state index contributed by atoms with van der Waals surface area (Å²) in [6.07, 6.45) is 0.994. The Bertz CT molecular complexity index is 755.